The average molecular weight is 266 g/mol. The molecule has 0 saturated heterocycles. The molecule has 1 saturated carbocycles. The van der Waals surface area contributed by atoms with Crippen LogP contribution in [0.3, 0.4) is 0 Å². The molecule has 96 valence electrons. The molecule has 1 aliphatic rings. The topological polar surface area (TPSA) is 62.7 Å². The summed E-state index contributed by atoms with van der Waals surface area (Å²) < 4.78 is 0. The number of anilines is 2. The van der Waals surface area contributed by atoms with Gasteiger partial charge < -0.3 is 10.6 Å². The molecule has 1 aliphatic carbocycles. The van der Waals surface area contributed by atoms with Gasteiger partial charge in [0.1, 0.15) is 5.54 Å². The van der Waals surface area contributed by atoms with E-state index in [1.165, 1.54) is 6.42 Å². The molecule has 0 aliphatic heterocycles. The molecule has 1 aromatic heterocycles. The second-order valence-corrected chi connectivity index (χ2v) is 4.75. The summed E-state index contributed by atoms with van der Waals surface area (Å²) in [6.07, 6.45) is 11.0. The van der Waals surface area contributed by atoms with Crippen LogP contribution in [0.4, 0.5) is 11.9 Å². The highest BCUT2D eigenvalue weighted by molar-refractivity contribution is 6.28. The Morgan fingerprint density at radius 3 is 2.44 bits per heavy atom. The van der Waals surface area contributed by atoms with Gasteiger partial charge in [-0.2, -0.15) is 15.0 Å². The first kappa shape index (κ1) is 12.9. The number of halogens is 1. The van der Waals surface area contributed by atoms with E-state index in [4.69, 9.17) is 18.0 Å². The van der Waals surface area contributed by atoms with Crippen molar-refractivity contribution in [2.24, 2.45) is 0 Å². The second-order valence-electron chi connectivity index (χ2n) is 4.41. The lowest BCUT2D eigenvalue weighted by atomic mass is 9.82. The van der Waals surface area contributed by atoms with Gasteiger partial charge in [-0.3, -0.25) is 0 Å². The summed E-state index contributed by atoms with van der Waals surface area (Å²) in [4.78, 5) is 12.2. The normalized spacial score (nSPS) is 17.8. The van der Waals surface area contributed by atoms with E-state index in [2.05, 4.69) is 31.5 Å². The molecule has 0 amide bonds. The molecule has 1 fully saturated rings. The number of hydrogen-bond donors (Lipinski definition) is 2. The third kappa shape index (κ3) is 2.82. The first-order valence-corrected chi connectivity index (χ1v) is 6.40. The van der Waals surface area contributed by atoms with E-state index in [1.54, 1.807) is 7.05 Å². The first-order valence-electron chi connectivity index (χ1n) is 6.03. The zero-order chi connectivity index (χ0) is 13.0. The molecule has 6 heteroatoms. The van der Waals surface area contributed by atoms with E-state index < -0.39 is 0 Å². The van der Waals surface area contributed by atoms with Crippen molar-refractivity contribution in [3.8, 4) is 12.3 Å². The molecule has 0 bridgehead atoms. The van der Waals surface area contributed by atoms with Gasteiger partial charge in [0.2, 0.25) is 17.2 Å². The predicted octanol–water partition coefficient (Wildman–Crippen LogP) is 2.31. The van der Waals surface area contributed by atoms with Crippen molar-refractivity contribution < 1.29 is 0 Å². The lowest BCUT2D eigenvalue weighted by Gasteiger charge is -2.33. The van der Waals surface area contributed by atoms with Crippen LogP contribution in [0, 0.1) is 12.3 Å². The Balaban J connectivity index is 2.21. The van der Waals surface area contributed by atoms with Gasteiger partial charge in [0, 0.05) is 7.05 Å². The Labute approximate surface area is 112 Å². The highest BCUT2D eigenvalue weighted by atomic mass is 35.5. The van der Waals surface area contributed by atoms with Gasteiger partial charge in [-0.05, 0) is 24.4 Å². The van der Waals surface area contributed by atoms with Gasteiger partial charge >= 0.3 is 0 Å². The standard InChI is InChI=1S/C12H16ClN5/c1-3-12(7-5-4-6-8-12)18-11-16-9(13)15-10(14-2)17-11/h1H,4-8H2,2H3,(H2,14,15,16,17,18). The van der Waals surface area contributed by atoms with E-state index in [0.717, 1.165) is 25.7 Å². The van der Waals surface area contributed by atoms with Crippen LogP contribution in [0.2, 0.25) is 5.28 Å². The SMILES string of the molecule is C#CC1(Nc2nc(Cl)nc(NC)n2)CCCCC1. The van der Waals surface area contributed by atoms with E-state index in [0.29, 0.717) is 11.9 Å². The summed E-state index contributed by atoms with van der Waals surface area (Å²) in [5, 5.41) is 6.23. The Kier molecular flexibility index (Phi) is 3.87. The summed E-state index contributed by atoms with van der Waals surface area (Å²) in [7, 11) is 1.73. The number of rotatable bonds is 3. The van der Waals surface area contributed by atoms with Crippen LogP contribution in [-0.2, 0) is 0 Å². The monoisotopic (exact) mass is 265 g/mol. The molecule has 0 spiro atoms. The van der Waals surface area contributed by atoms with Crippen LogP contribution in [-0.4, -0.2) is 27.5 Å². The quantitative estimate of drug-likeness (QED) is 0.822. The average Bonchev–Trinajstić information content (AvgIpc) is 2.39. The maximum absolute atomic E-state index is 5.84. The number of hydrogen-bond acceptors (Lipinski definition) is 5. The molecule has 5 nitrogen and oxygen atoms in total. The molecule has 2 rings (SSSR count). The van der Waals surface area contributed by atoms with Crippen molar-refractivity contribution in [3.63, 3.8) is 0 Å². The molecule has 0 unspecified atom stereocenters. The fourth-order valence-electron chi connectivity index (χ4n) is 2.19. The number of aromatic nitrogens is 3. The molecule has 0 aromatic carbocycles. The fourth-order valence-corrected chi connectivity index (χ4v) is 2.35. The summed E-state index contributed by atoms with van der Waals surface area (Å²) in [5.41, 5.74) is -0.353. The molecule has 0 atom stereocenters. The minimum Gasteiger partial charge on any atom is -0.357 e. The fraction of sp³-hybridized carbons (Fsp3) is 0.583. The van der Waals surface area contributed by atoms with Crippen LogP contribution in [0.5, 0.6) is 0 Å². The van der Waals surface area contributed by atoms with E-state index in [1.807, 2.05) is 0 Å². The minimum absolute atomic E-state index is 0.153. The van der Waals surface area contributed by atoms with Gasteiger partial charge in [-0.25, -0.2) is 0 Å². The van der Waals surface area contributed by atoms with Gasteiger partial charge in [-0.15, -0.1) is 6.42 Å². The largest absolute Gasteiger partial charge is 0.357 e. The zero-order valence-electron chi connectivity index (χ0n) is 10.3. The van der Waals surface area contributed by atoms with Gasteiger partial charge in [0.25, 0.3) is 0 Å². The van der Waals surface area contributed by atoms with Crippen molar-refractivity contribution in [3.05, 3.63) is 5.28 Å². The maximum atomic E-state index is 5.84. The van der Waals surface area contributed by atoms with Crippen LogP contribution >= 0.6 is 11.6 Å². The summed E-state index contributed by atoms with van der Waals surface area (Å²) in [6, 6.07) is 0. The van der Waals surface area contributed by atoms with Crippen molar-refractivity contribution >= 4 is 23.5 Å². The number of terminal acetylenes is 1. The Bertz CT molecular complexity index is 462. The van der Waals surface area contributed by atoms with Crippen molar-refractivity contribution in [1.82, 2.24) is 15.0 Å². The van der Waals surface area contributed by atoms with E-state index >= 15 is 0 Å². The Morgan fingerprint density at radius 1 is 1.17 bits per heavy atom. The molecule has 2 N–H and O–H groups in total. The summed E-state index contributed by atoms with van der Waals surface area (Å²) in [6.45, 7) is 0. The molecule has 0 radical (unpaired) electrons. The van der Waals surface area contributed by atoms with Gasteiger partial charge in [0.15, 0.2) is 0 Å². The molecule has 1 heterocycles. The van der Waals surface area contributed by atoms with Crippen molar-refractivity contribution in [2.45, 2.75) is 37.6 Å². The maximum Gasteiger partial charge on any atom is 0.230 e. The molecular weight excluding hydrogens is 250 g/mol. The zero-order valence-corrected chi connectivity index (χ0v) is 11.1. The highest BCUT2D eigenvalue weighted by Gasteiger charge is 2.30. The first-order chi connectivity index (χ1) is 8.67. The van der Waals surface area contributed by atoms with E-state index in [9.17, 15) is 0 Å². The van der Waals surface area contributed by atoms with Crippen LogP contribution < -0.4 is 10.6 Å². The predicted molar refractivity (Wildman–Crippen MR) is 72.7 cm³/mol. The third-order valence-corrected chi connectivity index (χ3v) is 3.34. The number of nitrogens with zero attached hydrogens (tertiary/aromatic N) is 3. The smallest absolute Gasteiger partial charge is 0.230 e. The Hall–Kier alpha value is -1.54. The van der Waals surface area contributed by atoms with Gasteiger partial charge in [-0.1, -0.05) is 25.2 Å². The summed E-state index contributed by atoms with van der Waals surface area (Å²) in [5.74, 6) is 3.71. The molecule has 1 aromatic rings. The second kappa shape index (κ2) is 5.40. The minimum atomic E-state index is -0.353. The number of nitrogens with one attached hydrogen (secondary N) is 2. The summed E-state index contributed by atoms with van der Waals surface area (Å²) >= 11 is 5.84. The van der Waals surface area contributed by atoms with Crippen LogP contribution in [0.1, 0.15) is 32.1 Å². The highest BCUT2D eigenvalue weighted by Crippen LogP contribution is 2.30. The van der Waals surface area contributed by atoms with Crippen molar-refractivity contribution in [2.75, 3.05) is 17.7 Å². The van der Waals surface area contributed by atoms with Crippen molar-refractivity contribution in [1.29, 1.82) is 0 Å². The lowest BCUT2D eigenvalue weighted by Crippen LogP contribution is -2.39. The third-order valence-electron chi connectivity index (χ3n) is 3.17. The van der Waals surface area contributed by atoms with Gasteiger partial charge in [0.05, 0.1) is 0 Å². The molecular formula is C12H16ClN5. The molecule has 18 heavy (non-hydrogen) atoms. The Morgan fingerprint density at radius 2 is 1.83 bits per heavy atom. The van der Waals surface area contributed by atoms with Crippen LogP contribution in [0.25, 0.3) is 0 Å². The van der Waals surface area contributed by atoms with Crippen LogP contribution in [0.15, 0.2) is 0 Å². The lowest BCUT2D eigenvalue weighted by molar-refractivity contribution is 0.394. The van der Waals surface area contributed by atoms with E-state index in [-0.39, 0.29) is 10.8 Å².